The number of halogens is 2. The van der Waals surface area contributed by atoms with Crippen molar-refractivity contribution in [3.63, 3.8) is 0 Å². The molecule has 21 heavy (non-hydrogen) atoms. The third-order valence-electron chi connectivity index (χ3n) is 2.80. The van der Waals surface area contributed by atoms with Crippen molar-refractivity contribution in [2.45, 2.75) is 0 Å². The fourth-order valence-electron chi connectivity index (χ4n) is 1.86. The number of hydrogen-bond donors (Lipinski definition) is 2. The summed E-state index contributed by atoms with van der Waals surface area (Å²) in [7, 11) is 0. The van der Waals surface area contributed by atoms with Crippen LogP contribution in [0.2, 0.25) is 10.0 Å². The largest absolute Gasteiger partial charge is 0.507 e. The van der Waals surface area contributed by atoms with Crippen LogP contribution in [0.5, 0.6) is 5.75 Å². The predicted molar refractivity (Wildman–Crippen MR) is 81.3 cm³/mol. The van der Waals surface area contributed by atoms with E-state index in [-0.39, 0.29) is 11.6 Å². The van der Waals surface area contributed by atoms with E-state index in [9.17, 15) is 5.11 Å². The molecular formula is C14H9Cl2N3O2. The minimum atomic E-state index is -0.0330. The molecular weight excluding hydrogens is 313 g/mol. The molecule has 0 fully saturated rings. The van der Waals surface area contributed by atoms with Gasteiger partial charge >= 0.3 is 0 Å². The van der Waals surface area contributed by atoms with Gasteiger partial charge in [-0.15, -0.1) is 0 Å². The smallest absolute Gasteiger partial charge is 0.262 e. The van der Waals surface area contributed by atoms with E-state index in [1.54, 1.807) is 30.3 Å². The summed E-state index contributed by atoms with van der Waals surface area (Å²) in [5, 5.41) is 14.7. The Kier molecular flexibility index (Phi) is 3.45. The van der Waals surface area contributed by atoms with Gasteiger partial charge in [-0.3, -0.25) is 0 Å². The lowest BCUT2D eigenvalue weighted by Crippen LogP contribution is -1.86. The summed E-state index contributed by atoms with van der Waals surface area (Å²) in [5.74, 6) is 0.471. The molecule has 0 radical (unpaired) electrons. The van der Waals surface area contributed by atoms with Crippen molar-refractivity contribution >= 4 is 28.9 Å². The molecule has 0 saturated carbocycles. The minimum Gasteiger partial charge on any atom is -0.507 e. The Morgan fingerprint density at radius 2 is 1.76 bits per heavy atom. The topological polar surface area (TPSA) is 85.2 Å². The molecule has 0 unspecified atom stereocenters. The summed E-state index contributed by atoms with van der Waals surface area (Å²) in [4.78, 5) is 4.23. The highest BCUT2D eigenvalue weighted by molar-refractivity contribution is 6.35. The van der Waals surface area contributed by atoms with Crippen LogP contribution in [-0.4, -0.2) is 15.2 Å². The summed E-state index contributed by atoms with van der Waals surface area (Å²) in [6, 6.07) is 9.60. The molecule has 0 spiro atoms. The van der Waals surface area contributed by atoms with Crippen molar-refractivity contribution < 1.29 is 9.63 Å². The summed E-state index contributed by atoms with van der Waals surface area (Å²) in [6.45, 7) is 0. The third kappa shape index (κ3) is 2.79. The highest BCUT2D eigenvalue weighted by atomic mass is 35.5. The molecule has 1 heterocycles. The van der Waals surface area contributed by atoms with E-state index in [0.29, 0.717) is 32.7 Å². The van der Waals surface area contributed by atoms with Gasteiger partial charge in [-0.05, 0) is 30.3 Å². The van der Waals surface area contributed by atoms with Gasteiger partial charge in [-0.2, -0.15) is 4.98 Å². The lowest BCUT2D eigenvalue weighted by molar-refractivity contribution is 0.426. The van der Waals surface area contributed by atoms with Crippen LogP contribution >= 0.6 is 23.2 Å². The molecule has 0 aliphatic rings. The zero-order valence-electron chi connectivity index (χ0n) is 10.5. The van der Waals surface area contributed by atoms with Gasteiger partial charge in [0.2, 0.25) is 5.82 Å². The highest BCUT2D eigenvalue weighted by Crippen LogP contribution is 2.32. The number of phenolic OH excluding ortho intramolecular Hbond substituents is 1. The highest BCUT2D eigenvalue weighted by Gasteiger charge is 2.14. The second-order valence-corrected chi connectivity index (χ2v) is 5.23. The van der Waals surface area contributed by atoms with Gasteiger partial charge in [0.1, 0.15) is 5.75 Å². The number of phenols is 1. The molecule has 106 valence electrons. The first kappa shape index (κ1) is 13.7. The number of nitrogens with two attached hydrogens (primary N) is 1. The fraction of sp³-hybridized carbons (Fsp3) is 0. The number of aromatic hydroxyl groups is 1. The second kappa shape index (κ2) is 5.27. The lowest BCUT2D eigenvalue weighted by atomic mass is 10.2. The maximum atomic E-state index is 9.86. The zero-order valence-corrected chi connectivity index (χ0v) is 12.1. The van der Waals surface area contributed by atoms with Crippen LogP contribution in [-0.2, 0) is 0 Å². The normalized spacial score (nSPS) is 10.8. The van der Waals surface area contributed by atoms with Crippen molar-refractivity contribution in [1.29, 1.82) is 0 Å². The van der Waals surface area contributed by atoms with E-state index in [1.165, 1.54) is 6.07 Å². The van der Waals surface area contributed by atoms with Crippen molar-refractivity contribution in [3.8, 4) is 28.6 Å². The van der Waals surface area contributed by atoms with E-state index in [4.69, 9.17) is 33.5 Å². The van der Waals surface area contributed by atoms with Gasteiger partial charge in [0, 0.05) is 27.4 Å². The van der Waals surface area contributed by atoms with Crippen LogP contribution in [0.15, 0.2) is 40.9 Å². The van der Waals surface area contributed by atoms with Crippen molar-refractivity contribution in [3.05, 3.63) is 46.4 Å². The van der Waals surface area contributed by atoms with Crippen molar-refractivity contribution in [1.82, 2.24) is 10.1 Å². The molecule has 7 heteroatoms. The van der Waals surface area contributed by atoms with Crippen LogP contribution in [0.3, 0.4) is 0 Å². The fourth-order valence-corrected chi connectivity index (χ4v) is 2.39. The maximum Gasteiger partial charge on any atom is 0.262 e. The van der Waals surface area contributed by atoms with Crippen LogP contribution in [0, 0.1) is 0 Å². The monoisotopic (exact) mass is 321 g/mol. The molecule has 3 N–H and O–H groups in total. The second-order valence-electron chi connectivity index (χ2n) is 4.36. The number of nitrogens with zero attached hydrogens (tertiary/aromatic N) is 2. The predicted octanol–water partition coefficient (Wildman–Crippen LogP) is 4.00. The Balaban J connectivity index is 2.03. The summed E-state index contributed by atoms with van der Waals surface area (Å²) in [6.07, 6.45) is 0. The van der Waals surface area contributed by atoms with E-state index in [1.807, 2.05) is 0 Å². The number of anilines is 1. The Morgan fingerprint density at radius 3 is 2.43 bits per heavy atom. The maximum absolute atomic E-state index is 9.86. The van der Waals surface area contributed by atoms with Gasteiger partial charge in [0.15, 0.2) is 0 Å². The van der Waals surface area contributed by atoms with Gasteiger partial charge in [-0.1, -0.05) is 28.4 Å². The molecule has 3 rings (SSSR count). The molecule has 0 atom stereocenters. The van der Waals surface area contributed by atoms with Gasteiger partial charge in [0.05, 0.1) is 5.56 Å². The first-order valence-electron chi connectivity index (χ1n) is 5.92. The Labute approximate surface area is 129 Å². The summed E-state index contributed by atoms with van der Waals surface area (Å²) < 4.78 is 5.16. The van der Waals surface area contributed by atoms with Gasteiger partial charge < -0.3 is 15.4 Å². The van der Waals surface area contributed by atoms with Crippen molar-refractivity contribution in [2.24, 2.45) is 0 Å². The van der Waals surface area contributed by atoms with Gasteiger partial charge in [0.25, 0.3) is 5.89 Å². The van der Waals surface area contributed by atoms with Crippen LogP contribution in [0.4, 0.5) is 5.69 Å². The molecule has 1 aromatic heterocycles. The number of aromatic nitrogens is 2. The van der Waals surface area contributed by atoms with Crippen LogP contribution < -0.4 is 5.73 Å². The molecule has 2 aromatic carbocycles. The summed E-state index contributed by atoms with van der Waals surface area (Å²) >= 11 is 11.9. The standard InChI is InChI=1S/C14H9Cl2N3O2/c15-8-3-7(4-9(16)5-8)13-18-14(21-19-13)11-2-1-10(17)6-12(11)20/h1-6,20H,17H2. The van der Waals surface area contributed by atoms with E-state index < -0.39 is 0 Å². The number of benzene rings is 2. The Bertz CT molecular complexity index is 797. The quantitative estimate of drug-likeness (QED) is 0.697. The molecule has 0 aliphatic carbocycles. The number of hydrogen-bond acceptors (Lipinski definition) is 5. The number of nitrogen functional groups attached to an aromatic ring is 1. The Morgan fingerprint density at radius 1 is 1.05 bits per heavy atom. The zero-order chi connectivity index (χ0) is 15.0. The third-order valence-corrected chi connectivity index (χ3v) is 3.24. The molecule has 5 nitrogen and oxygen atoms in total. The Hall–Kier alpha value is -2.24. The lowest BCUT2D eigenvalue weighted by Gasteiger charge is -2.00. The van der Waals surface area contributed by atoms with Crippen LogP contribution in [0.25, 0.3) is 22.8 Å². The average Bonchev–Trinajstić information content (AvgIpc) is 2.87. The SMILES string of the molecule is Nc1ccc(-c2nc(-c3cc(Cl)cc(Cl)c3)no2)c(O)c1. The van der Waals surface area contributed by atoms with Crippen LogP contribution in [0.1, 0.15) is 0 Å². The van der Waals surface area contributed by atoms with Crippen molar-refractivity contribution in [2.75, 3.05) is 5.73 Å². The molecule has 0 bridgehead atoms. The minimum absolute atomic E-state index is 0.0330. The number of rotatable bonds is 2. The van der Waals surface area contributed by atoms with E-state index >= 15 is 0 Å². The average molecular weight is 322 g/mol. The molecule has 0 aliphatic heterocycles. The van der Waals surface area contributed by atoms with E-state index in [2.05, 4.69) is 10.1 Å². The van der Waals surface area contributed by atoms with E-state index in [0.717, 1.165) is 0 Å². The molecule has 3 aromatic rings. The van der Waals surface area contributed by atoms with Gasteiger partial charge in [-0.25, -0.2) is 0 Å². The summed E-state index contributed by atoms with van der Waals surface area (Å²) in [5.41, 5.74) is 7.04. The first-order valence-corrected chi connectivity index (χ1v) is 6.67. The first-order chi connectivity index (χ1) is 10.0. The molecule has 0 amide bonds. The molecule has 0 saturated heterocycles.